The number of para-hydroxylation sites is 1. The first-order valence-electron chi connectivity index (χ1n) is 6.79. The smallest absolute Gasteiger partial charge is 0.340 e. The summed E-state index contributed by atoms with van der Waals surface area (Å²) in [6, 6.07) is 9.56. The molecule has 0 bridgehead atoms. The number of carbonyl (C=O) groups excluding carboxylic acids is 1. The van der Waals surface area contributed by atoms with Crippen LogP contribution in [0.2, 0.25) is 0 Å². The van der Waals surface area contributed by atoms with Gasteiger partial charge in [-0.1, -0.05) is 18.2 Å². The van der Waals surface area contributed by atoms with Crippen molar-refractivity contribution in [1.82, 2.24) is 14.5 Å². The quantitative estimate of drug-likeness (QED) is 0.690. The van der Waals surface area contributed by atoms with Crippen molar-refractivity contribution in [1.29, 1.82) is 0 Å². The largest absolute Gasteiger partial charge is 0.462 e. The molecule has 2 heterocycles. The lowest BCUT2D eigenvalue weighted by molar-refractivity contribution is 0.0524. The maximum atomic E-state index is 12.2. The number of fused-ring (bicyclic) bond motifs is 1. The number of carbonyl (C=O) groups is 1. The summed E-state index contributed by atoms with van der Waals surface area (Å²) in [4.78, 5) is 20.8. The summed E-state index contributed by atoms with van der Waals surface area (Å²) < 4.78 is 7.01. The molecule has 0 radical (unpaired) electrons. The van der Waals surface area contributed by atoms with E-state index >= 15 is 0 Å². The van der Waals surface area contributed by atoms with Crippen molar-refractivity contribution in [2.75, 3.05) is 6.61 Å². The molecule has 3 rings (SSSR count). The molecule has 0 spiro atoms. The van der Waals surface area contributed by atoms with Gasteiger partial charge in [-0.15, -0.1) is 0 Å². The fraction of sp³-hybridized carbons (Fsp3) is 0.188. The molecule has 5 nitrogen and oxygen atoms in total. The van der Waals surface area contributed by atoms with Gasteiger partial charge in [-0.05, 0) is 19.1 Å². The third-order valence-electron chi connectivity index (χ3n) is 3.19. The first-order chi connectivity index (χ1) is 10.3. The van der Waals surface area contributed by atoms with E-state index in [2.05, 4.69) is 9.97 Å². The predicted molar refractivity (Wildman–Crippen MR) is 79.0 cm³/mol. The molecule has 0 aliphatic carbocycles. The zero-order valence-electron chi connectivity index (χ0n) is 11.7. The van der Waals surface area contributed by atoms with Crippen LogP contribution in [-0.2, 0) is 11.3 Å². The highest BCUT2D eigenvalue weighted by atomic mass is 16.5. The number of rotatable bonds is 4. The number of hydrogen-bond donors (Lipinski definition) is 0. The lowest BCUT2D eigenvalue weighted by Crippen LogP contribution is -2.12. The van der Waals surface area contributed by atoms with Crippen molar-refractivity contribution in [3.8, 4) is 0 Å². The molecule has 0 aliphatic heterocycles. The number of aromatic nitrogens is 3. The average Bonchev–Trinajstić information content (AvgIpc) is 3.00. The minimum Gasteiger partial charge on any atom is -0.462 e. The van der Waals surface area contributed by atoms with Gasteiger partial charge in [-0.3, -0.25) is 4.98 Å². The zero-order chi connectivity index (χ0) is 14.7. The predicted octanol–water partition coefficient (Wildman–Crippen LogP) is 2.66. The van der Waals surface area contributed by atoms with Crippen LogP contribution in [0.1, 0.15) is 23.0 Å². The molecule has 0 fully saturated rings. The highest BCUT2D eigenvalue weighted by Crippen LogP contribution is 2.18. The highest BCUT2D eigenvalue weighted by molar-refractivity contribution is 5.95. The highest BCUT2D eigenvalue weighted by Gasteiger charge is 2.15. The van der Waals surface area contributed by atoms with Gasteiger partial charge in [0.05, 0.1) is 36.3 Å². The SMILES string of the molecule is CCOC(=O)c1cc2ccccc2nc1Cn1ccnc1. The summed E-state index contributed by atoms with van der Waals surface area (Å²) in [7, 11) is 0. The lowest BCUT2D eigenvalue weighted by Gasteiger charge is -2.10. The molecule has 21 heavy (non-hydrogen) atoms. The Hall–Kier alpha value is -2.69. The van der Waals surface area contributed by atoms with Crippen LogP contribution in [-0.4, -0.2) is 27.1 Å². The minimum atomic E-state index is -0.342. The first-order valence-corrected chi connectivity index (χ1v) is 6.79. The topological polar surface area (TPSA) is 57.0 Å². The molecule has 0 amide bonds. The molecule has 0 saturated carbocycles. The van der Waals surface area contributed by atoms with Gasteiger partial charge >= 0.3 is 5.97 Å². The first kappa shape index (κ1) is 13.3. The van der Waals surface area contributed by atoms with Crippen LogP contribution >= 0.6 is 0 Å². The Labute approximate surface area is 122 Å². The Balaban J connectivity index is 2.09. The number of nitrogens with zero attached hydrogens (tertiary/aromatic N) is 3. The molecule has 5 heteroatoms. The van der Waals surface area contributed by atoms with Gasteiger partial charge in [0.15, 0.2) is 0 Å². The Morgan fingerprint density at radius 1 is 1.33 bits per heavy atom. The van der Waals surface area contributed by atoms with Crippen LogP contribution in [0.5, 0.6) is 0 Å². The average molecular weight is 281 g/mol. The van der Waals surface area contributed by atoms with E-state index in [1.807, 2.05) is 41.1 Å². The van der Waals surface area contributed by atoms with Crippen LogP contribution in [0.4, 0.5) is 0 Å². The molecule has 0 atom stereocenters. The summed E-state index contributed by atoms with van der Waals surface area (Å²) in [5, 5.41) is 0.926. The molecular weight excluding hydrogens is 266 g/mol. The van der Waals surface area contributed by atoms with Crippen molar-refractivity contribution in [2.45, 2.75) is 13.5 Å². The van der Waals surface area contributed by atoms with E-state index in [1.54, 1.807) is 19.4 Å². The number of esters is 1. The number of ether oxygens (including phenoxy) is 1. The molecule has 106 valence electrons. The third kappa shape index (κ3) is 2.76. The minimum absolute atomic E-state index is 0.342. The number of benzene rings is 1. The van der Waals surface area contributed by atoms with E-state index in [0.29, 0.717) is 24.4 Å². The van der Waals surface area contributed by atoms with Gasteiger partial charge in [0.2, 0.25) is 0 Å². The van der Waals surface area contributed by atoms with Crippen molar-refractivity contribution in [3.05, 3.63) is 60.3 Å². The molecule has 0 saturated heterocycles. The number of hydrogen-bond acceptors (Lipinski definition) is 4. The van der Waals surface area contributed by atoms with E-state index in [4.69, 9.17) is 4.74 Å². The number of imidazole rings is 1. The third-order valence-corrected chi connectivity index (χ3v) is 3.19. The Morgan fingerprint density at radius 2 is 2.19 bits per heavy atom. The van der Waals surface area contributed by atoms with Gasteiger partial charge in [0.1, 0.15) is 0 Å². The summed E-state index contributed by atoms with van der Waals surface area (Å²) in [6.45, 7) is 2.62. The van der Waals surface area contributed by atoms with Crippen molar-refractivity contribution >= 4 is 16.9 Å². The standard InChI is InChI=1S/C16H15N3O2/c1-2-21-16(20)13-9-12-5-3-4-6-14(12)18-15(13)10-19-8-7-17-11-19/h3-9,11H,2,10H2,1H3. The molecule has 1 aromatic carbocycles. The monoisotopic (exact) mass is 281 g/mol. The van der Waals surface area contributed by atoms with E-state index in [-0.39, 0.29) is 5.97 Å². The molecular formula is C16H15N3O2. The summed E-state index contributed by atoms with van der Waals surface area (Å²) in [6.07, 6.45) is 5.24. The Morgan fingerprint density at radius 3 is 2.95 bits per heavy atom. The summed E-state index contributed by atoms with van der Waals surface area (Å²) in [5.74, 6) is -0.342. The van der Waals surface area contributed by atoms with E-state index < -0.39 is 0 Å². The van der Waals surface area contributed by atoms with Crippen LogP contribution in [0.3, 0.4) is 0 Å². The lowest BCUT2D eigenvalue weighted by atomic mass is 10.1. The van der Waals surface area contributed by atoms with E-state index in [0.717, 1.165) is 10.9 Å². The molecule has 0 N–H and O–H groups in total. The maximum Gasteiger partial charge on any atom is 0.340 e. The van der Waals surface area contributed by atoms with Gasteiger partial charge in [-0.25, -0.2) is 9.78 Å². The Kier molecular flexibility index (Phi) is 3.64. The summed E-state index contributed by atoms with van der Waals surface area (Å²) in [5.41, 5.74) is 2.05. The van der Waals surface area contributed by atoms with Crippen LogP contribution in [0, 0.1) is 0 Å². The van der Waals surface area contributed by atoms with E-state index in [1.165, 1.54) is 0 Å². The second-order valence-corrected chi connectivity index (χ2v) is 4.63. The van der Waals surface area contributed by atoms with Gasteiger partial charge in [0.25, 0.3) is 0 Å². The second-order valence-electron chi connectivity index (χ2n) is 4.63. The summed E-state index contributed by atoms with van der Waals surface area (Å²) >= 11 is 0. The van der Waals surface area contributed by atoms with Crippen molar-refractivity contribution in [3.63, 3.8) is 0 Å². The maximum absolute atomic E-state index is 12.2. The molecule has 0 unspecified atom stereocenters. The van der Waals surface area contributed by atoms with Crippen molar-refractivity contribution < 1.29 is 9.53 Å². The van der Waals surface area contributed by atoms with Crippen LogP contribution in [0.15, 0.2) is 49.1 Å². The van der Waals surface area contributed by atoms with Gasteiger partial charge in [0, 0.05) is 17.8 Å². The number of pyridine rings is 1. The molecule has 3 aromatic rings. The van der Waals surface area contributed by atoms with Crippen LogP contribution < -0.4 is 0 Å². The Bertz CT molecular complexity index is 766. The van der Waals surface area contributed by atoms with Gasteiger partial charge in [-0.2, -0.15) is 0 Å². The fourth-order valence-corrected chi connectivity index (χ4v) is 2.22. The fourth-order valence-electron chi connectivity index (χ4n) is 2.22. The molecule has 0 aliphatic rings. The van der Waals surface area contributed by atoms with E-state index in [9.17, 15) is 4.79 Å². The van der Waals surface area contributed by atoms with Crippen molar-refractivity contribution in [2.24, 2.45) is 0 Å². The van der Waals surface area contributed by atoms with Crippen LogP contribution in [0.25, 0.3) is 10.9 Å². The zero-order valence-corrected chi connectivity index (χ0v) is 11.7. The second kappa shape index (κ2) is 5.75. The normalized spacial score (nSPS) is 10.7. The van der Waals surface area contributed by atoms with Gasteiger partial charge < -0.3 is 9.30 Å². The molecule has 2 aromatic heterocycles.